The molecule has 0 aromatic heterocycles. The quantitative estimate of drug-likeness (QED) is 0.324. The number of nitrogens with one attached hydrogen (secondary N) is 2. The molecular weight excluding hydrogens is 356 g/mol. The second-order valence-electron chi connectivity index (χ2n) is 6.62. The molecule has 0 radical (unpaired) electrons. The van der Waals surface area contributed by atoms with Gasteiger partial charge in [-0.1, -0.05) is 31.5 Å². The van der Waals surface area contributed by atoms with Crippen LogP contribution in [0, 0.1) is 0 Å². The Hall–Kier alpha value is -2.12. The summed E-state index contributed by atoms with van der Waals surface area (Å²) in [5.41, 5.74) is 2.23. The first-order valence-electron chi connectivity index (χ1n) is 10.3. The highest BCUT2D eigenvalue weighted by Crippen LogP contribution is 2.27. The zero-order valence-corrected chi connectivity index (χ0v) is 17.2. The second kappa shape index (κ2) is 13.1. The van der Waals surface area contributed by atoms with Gasteiger partial charge >= 0.3 is 0 Å². The van der Waals surface area contributed by atoms with E-state index in [1.165, 1.54) is 5.56 Å². The van der Waals surface area contributed by atoms with Crippen LogP contribution < -0.4 is 15.5 Å². The number of benzene rings is 1. The molecule has 0 fully saturated rings. The molecule has 1 heterocycles. The van der Waals surface area contributed by atoms with Gasteiger partial charge in [0.15, 0.2) is 5.96 Å². The van der Waals surface area contributed by atoms with Crippen molar-refractivity contribution in [2.24, 2.45) is 4.99 Å². The maximum Gasteiger partial charge on any atom is 0.248 e. The maximum absolute atomic E-state index is 12.6. The fourth-order valence-electron chi connectivity index (χ4n) is 2.98. The SMILES string of the molecule is CCCCOCCOCCNC(=NCC(=O)N1CCc2ccccc21)NCC. The highest BCUT2D eigenvalue weighted by atomic mass is 16.5. The van der Waals surface area contributed by atoms with Crippen molar-refractivity contribution in [3.63, 3.8) is 0 Å². The van der Waals surface area contributed by atoms with Crippen molar-refractivity contribution in [1.82, 2.24) is 10.6 Å². The van der Waals surface area contributed by atoms with Gasteiger partial charge in [0, 0.05) is 31.9 Å². The van der Waals surface area contributed by atoms with Gasteiger partial charge in [0.1, 0.15) is 6.54 Å². The van der Waals surface area contributed by atoms with Crippen LogP contribution in [0.1, 0.15) is 32.3 Å². The van der Waals surface area contributed by atoms with Crippen LogP contribution in [0.5, 0.6) is 0 Å². The highest BCUT2D eigenvalue weighted by Gasteiger charge is 2.23. The molecule has 2 N–H and O–H groups in total. The lowest BCUT2D eigenvalue weighted by molar-refractivity contribution is -0.117. The first-order chi connectivity index (χ1) is 13.8. The molecule has 1 amide bonds. The van der Waals surface area contributed by atoms with E-state index in [2.05, 4.69) is 28.6 Å². The number of fused-ring (bicyclic) bond motifs is 1. The van der Waals surface area contributed by atoms with Crippen molar-refractivity contribution in [2.75, 3.05) is 57.5 Å². The van der Waals surface area contributed by atoms with Crippen molar-refractivity contribution < 1.29 is 14.3 Å². The normalized spacial score (nSPS) is 13.5. The molecule has 0 atom stereocenters. The molecule has 2 rings (SSSR count). The van der Waals surface area contributed by atoms with Crippen LogP contribution in [-0.2, 0) is 20.7 Å². The number of unbranched alkanes of at least 4 members (excludes halogenated alkanes) is 1. The van der Waals surface area contributed by atoms with Gasteiger partial charge in [0.25, 0.3) is 0 Å². The first-order valence-corrected chi connectivity index (χ1v) is 10.3. The number of amides is 1. The zero-order chi connectivity index (χ0) is 20.0. The Morgan fingerprint density at radius 1 is 1.11 bits per heavy atom. The third-order valence-electron chi connectivity index (χ3n) is 4.46. The lowest BCUT2D eigenvalue weighted by Crippen LogP contribution is -2.40. The van der Waals surface area contributed by atoms with Crippen LogP contribution in [0.25, 0.3) is 0 Å². The van der Waals surface area contributed by atoms with Crippen molar-refractivity contribution in [3.8, 4) is 0 Å². The minimum atomic E-state index is 0.0163. The van der Waals surface area contributed by atoms with E-state index in [-0.39, 0.29) is 12.5 Å². The minimum absolute atomic E-state index is 0.0163. The predicted molar refractivity (Wildman–Crippen MR) is 113 cm³/mol. The van der Waals surface area contributed by atoms with Crippen LogP contribution in [0.15, 0.2) is 29.3 Å². The van der Waals surface area contributed by atoms with Gasteiger partial charge in [0.05, 0.1) is 19.8 Å². The average Bonchev–Trinajstić information content (AvgIpc) is 3.14. The van der Waals surface area contributed by atoms with Crippen LogP contribution in [0.4, 0.5) is 5.69 Å². The summed E-state index contributed by atoms with van der Waals surface area (Å²) in [6, 6.07) is 8.05. The van der Waals surface area contributed by atoms with Crippen LogP contribution >= 0.6 is 0 Å². The molecule has 1 aliphatic heterocycles. The minimum Gasteiger partial charge on any atom is -0.379 e. The van der Waals surface area contributed by atoms with Crippen LogP contribution in [0.3, 0.4) is 0 Å². The molecule has 0 saturated carbocycles. The summed E-state index contributed by atoms with van der Waals surface area (Å²) < 4.78 is 11.0. The van der Waals surface area contributed by atoms with E-state index in [9.17, 15) is 4.79 Å². The largest absolute Gasteiger partial charge is 0.379 e. The molecule has 0 saturated heterocycles. The molecule has 0 aliphatic carbocycles. The van der Waals surface area contributed by atoms with Crippen molar-refractivity contribution in [1.29, 1.82) is 0 Å². The van der Waals surface area contributed by atoms with Gasteiger partial charge in [-0.3, -0.25) is 4.79 Å². The zero-order valence-electron chi connectivity index (χ0n) is 17.2. The van der Waals surface area contributed by atoms with E-state index in [1.807, 2.05) is 30.0 Å². The molecule has 28 heavy (non-hydrogen) atoms. The molecule has 0 spiro atoms. The van der Waals surface area contributed by atoms with Gasteiger partial charge in [0.2, 0.25) is 5.91 Å². The van der Waals surface area contributed by atoms with Gasteiger partial charge in [-0.05, 0) is 31.4 Å². The molecule has 1 aromatic rings. The summed E-state index contributed by atoms with van der Waals surface area (Å²) in [7, 11) is 0. The second-order valence-corrected chi connectivity index (χ2v) is 6.62. The van der Waals surface area contributed by atoms with E-state index >= 15 is 0 Å². The molecule has 7 nitrogen and oxygen atoms in total. The summed E-state index contributed by atoms with van der Waals surface area (Å²) in [6.07, 6.45) is 3.14. The third kappa shape index (κ3) is 7.48. The van der Waals surface area contributed by atoms with Gasteiger partial charge < -0.3 is 25.0 Å². The van der Waals surface area contributed by atoms with Gasteiger partial charge in [-0.15, -0.1) is 0 Å². The first kappa shape index (κ1) is 22.2. The van der Waals surface area contributed by atoms with E-state index in [0.717, 1.165) is 44.6 Å². The lowest BCUT2D eigenvalue weighted by atomic mass is 10.2. The van der Waals surface area contributed by atoms with Gasteiger partial charge in [-0.2, -0.15) is 0 Å². The van der Waals surface area contributed by atoms with Crippen molar-refractivity contribution >= 4 is 17.6 Å². The molecule has 156 valence electrons. The van der Waals surface area contributed by atoms with E-state index < -0.39 is 0 Å². The van der Waals surface area contributed by atoms with E-state index in [4.69, 9.17) is 9.47 Å². The van der Waals surface area contributed by atoms with Crippen LogP contribution in [0.2, 0.25) is 0 Å². The number of rotatable bonds is 12. The smallest absolute Gasteiger partial charge is 0.248 e. The Morgan fingerprint density at radius 2 is 1.89 bits per heavy atom. The summed E-state index contributed by atoms with van der Waals surface area (Å²) in [5, 5.41) is 6.36. The monoisotopic (exact) mass is 390 g/mol. The topological polar surface area (TPSA) is 75.2 Å². The molecule has 1 aliphatic rings. The number of guanidine groups is 1. The number of para-hydroxylation sites is 1. The number of nitrogens with zero attached hydrogens (tertiary/aromatic N) is 2. The maximum atomic E-state index is 12.6. The van der Waals surface area contributed by atoms with Crippen LogP contribution in [-0.4, -0.2) is 64.5 Å². The number of carbonyl (C=O) groups is 1. The Kier molecular flexibility index (Phi) is 10.4. The average molecular weight is 391 g/mol. The number of anilines is 1. The standard InChI is InChI=1S/C21H34N4O3/c1-3-5-13-27-15-16-28-14-11-23-21(22-4-2)24-17-20(26)25-12-10-18-8-6-7-9-19(18)25/h6-9H,3-5,10-17H2,1-2H3,(H2,22,23,24). The number of hydrogen-bond donors (Lipinski definition) is 2. The molecular formula is C21H34N4O3. The summed E-state index contributed by atoms with van der Waals surface area (Å²) in [5.74, 6) is 0.647. The molecule has 0 unspecified atom stereocenters. The van der Waals surface area contributed by atoms with E-state index in [1.54, 1.807) is 0 Å². The Labute approximate surface area is 168 Å². The fraction of sp³-hybridized carbons (Fsp3) is 0.619. The summed E-state index contributed by atoms with van der Waals surface area (Å²) >= 11 is 0. The Balaban J connectivity index is 1.68. The fourth-order valence-corrected chi connectivity index (χ4v) is 2.98. The number of ether oxygens (including phenoxy) is 2. The predicted octanol–water partition coefficient (Wildman–Crippen LogP) is 1.96. The van der Waals surface area contributed by atoms with E-state index in [0.29, 0.717) is 32.3 Å². The lowest BCUT2D eigenvalue weighted by Gasteiger charge is -2.17. The van der Waals surface area contributed by atoms with Crippen molar-refractivity contribution in [3.05, 3.63) is 29.8 Å². The molecule has 7 heteroatoms. The number of hydrogen-bond acceptors (Lipinski definition) is 4. The third-order valence-corrected chi connectivity index (χ3v) is 4.46. The number of carbonyl (C=O) groups excluding carboxylic acids is 1. The highest BCUT2D eigenvalue weighted by molar-refractivity contribution is 5.98. The number of aliphatic imine (C=N–C) groups is 1. The molecule has 0 bridgehead atoms. The summed E-state index contributed by atoms with van der Waals surface area (Å²) in [6.45, 7) is 8.93. The Bertz CT molecular complexity index is 621. The summed E-state index contributed by atoms with van der Waals surface area (Å²) in [4.78, 5) is 18.8. The van der Waals surface area contributed by atoms with Gasteiger partial charge in [-0.25, -0.2) is 4.99 Å². The Morgan fingerprint density at radius 3 is 2.68 bits per heavy atom. The molecule has 1 aromatic carbocycles. The van der Waals surface area contributed by atoms with Crippen molar-refractivity contribution in [2.45, 2.75) is 33.1 Å².